The van der Waals surface area contributed by atoms with Gasteiger partial charge in [-0.15, -0.1) is 11.3 Å². The molecule has 1 aromatic heterocycles. The third-order valence-corrected chi connectivity index (χ3v) is 8.34. The van der Waals surface area contributed by atoms with Crippen LogP contribution in [0.5, 0.6) is 5.75 Å². The fraction of sp³-hybridized carbons (Fsp3) is 0.308. The van der Waals surface area contributed by atoms with Crippen LogP contribution in [0.1, 0.15) is 53.6 Å². The number of aromatic hydroxyl groups is 1. The van der Waals surface area contributed by atoms with Gasteiger partial charge in [-0.25, -0.2) is 4.99 Å². The van der Waals surface area contributed by atoms with Crippen LogP contribution in [0.15, 0.2) is 45.9 Å². The first-order chi connectivity index (χ1) is 16.0. The van der Waals surface area contributed by atoms with E-state index >= 15 is 0 Å². The molecule has 0 saturated carbocycles. The Morgan fingerprint density at radius 1 is 1.24 bits per heavy atom. The minimum absolute atomic E-state index is 0.0464. The van der Waals surface area contributed by atoms with Crippen molar-refractivity contribution in [3.8, 4) is 5.75 Å². The molecule has 34 heavy (non-hydrogen) atoms. The van der Waals surface area contributed by atoms with Crippen molar-refractivity contribution in [1.29, 1.82) is 0 Å². The minimum atomic E-state index is -0.197. The Hall–Kier alpha value is -1.86. The number of phenolic OH excluding ortho intramolecular Hbond substituents is 1. The van der Waals surface area contributed by atoms with E-state index < -0.39 is 0 Å². The number of halogens is 3. The van der Waals surface area contributed by atoms with Crippen molar-refractivity contribution in [2.75, 3.05) is 5.32 Å². The molecule has 0 aliphatic heterocycles. The van der Waals surface area contributed by atoms with E-state index in [1.165, 1.54) is 4.88 Å². The molecule has 1 amide bonds. The third-order valence-electron chi connectivity index (χ3n) is 6.18. The molecule has 0 radical (unpaired) electrons. The zero-order valence-electron chi connectivity index (χ0n) is 19.1. The van der Waals surface area contributed by atoms with Crippen molar-refractivity contribution >= 4 is 73.3 Å². The second-order valence-electron chi connectivity index (χ2n) is 9.53. The van der Waals surface area contributed by atoms with Gasteiger partial charge < -0.3 is 10.4 Å². The van der Waals surface area contributed by atoms with Crippen LogP contribution >= 0.6 is 50.5 Å². The number of carbonyl (C=O) groups is 1. The molecule has 3 aromatic rings. The predicted octanol–water partition coefficient (Wildman–Crippen LogP) is 8.68. The standard InChI is InChI=1S/C26H25BrCl2N2O2S/c1-26(2,3)15-4-9-19-21(11-15)34-25(30-13-14-10-16(27)12-20(29)23(14)32)22(19)24(33)31-18-7-5-17(28)6-8-18/h5-8,10,12-13,15,32H,4,9,11H2,1-3H3,(H,31,33)/t15-/m1/s1. The van der Waals surface area contributed by atoms with E-state index in [0.29, 0.717) is 32.8 Å². The number of carbonyl (C=O) groups excluding carboxylic acids is 1. The number of rotatable bonds is 4. The fourth-order valence-electron chi connectivity index (χ4n) is 4.18. The molecule has 8 heteroatoms. The summed E-state index contributed by atoms with van der Waals surface area (Å²) in [6.45, 7) is 6.80. The van der Waals surface area contributed by atoms with Crippen LogP contribution in [-0.4, -0.2) is 17.2 Å². The Labute approximate surface area is 222 Å². The molecule has 1 heterocycles. The number of aliphatic imine (C=N–C) groups is 1. The van der Waals surface area contributed by atoms with Crippen molar-refractivity contribution in [3.05, 3.63) is 72.5 Å². The summed E-state index contributed by atoms with van der Waals surface area (Å²) in [5, 5.41) is 14.8. The summed E-state index contributed by atoms with van der Waals surface area (Å²) >= 11 is 17.0. The lowest BCUT2D eigenvalue weighted by atomic mass is 9.72. The predicted molar refractivity (Wildman–Crippen MR) is 147 cm³/mol. The minimum Gasteiger partial charge on any atom is -0.506 e. The SMILES string of the molecule is CC(C)(C)[C@@H]1CCc2c(sc(N=Cc3cc(Br)cc(Cl)c3O)c2C(=O)Nc2ccc(Cl)cc2)C1. The molecule has 0 unspecified atom stereocenters. The Morgan fingerprint density at radius 3 is 2.62 bits per heavy atom. The van der Waals surface area contributed by atoms with Gasteiger partial charge in [-0.1, -0.05) is 59.9 Å². The van der Waals surface area contributed by atoms with E-state index in [2.05, 4.69) is 47.0 Å². The maximum Gasteiger partial charge on any atom is 0.259 e. The molecule has 1 aliphatic rings. The highest BCUT2D eigenvalue weighted by molar-refractivity contribution is 9.10. The van der Waals surface area contributed by atoms with Crippen molar-refractivity contribution in [2.24, 2.45) is 16.3 Å². The van der Waals surface area contributed by atoms with Gasteiger partial charge in [0.1, 0.15) is 10.8 Å². The maximum atomic E-state index is 13.4. The van der Waals surface area contributed by atoms with Gasteiger partial charge in [0, 0.05) is 31.8 Å². The first-order valence-corrected chi connectivity index (χ1v) is 13.3. The van der Waals surface area contributed by atoms with E-state index in [9.17, 15) is 9.90 Å². The summed E-state index contributed by atoms with van der Waals surface area (Å²) in [7, 11) is 0. The molecule has 0 saturated heterocycles. The number of thiophene rings is 1. The van der Waals surface area contributed by atoms with E-state index in [1.54, 1.807) is 53.9 Å². The monoisotopic (exact) mass is 578 g/mol. The van der Waals surface area contributed by atoms with Crippen LogP contribution in [0.3, 0.4) is 0 Å². The zero-order valence-corrected chi connectivity index (χ0v) is 23.0. The molecule has 1 atom stereocenters. The number of benzene rings is 2. The van der Waals surface area contributed by atoms with E-state index in [1.807, 2.05) is 0 Å². The van der Waals surface area contributed by atoms with Crippen LogP contribution in [-0.2, 0) is 12.8 Å². The van der Waals surface area contributed by atoms with Crippen LogP contribution < -0.4 is 5.32 Å². The summed E-state index contributed by atoms with van der Waals surface area (Å²) in [4.78, 5) is 19.3. The van der Waals surface area contributed by atoms with Crippen LogP contribution in [0, 0.1) is 11.3 Å². The van der Waals surface area contributed by atoms with Gasteiger partial charge in [0.05, 0.1) is 10.6 Å². The smallest absolute Gasteiger partial charge is 0.259 e. The second-order valence-corrected chi connectivity index (χ2v) is 12.4. The lowest BCUT2D eigenvalue weighted by molar-refractivity contribution is 0.102. The molecule has 2 aromatic carbocycles. The van der Waals surface area contributed by atoms with Crippen LogP contribution in [0.2, 0.25) is 10.0 Å². The third kappa shape index (κ3) is 5.51. The molecule has 2 N–H and O–H groups in total. The van der Waals surface area contributed by atoms with Crippen molar-refractivity contribution in [2.45, 2.75) is 40.0 Å². The van der Waals surface area contributed by atoms with Gasteiger partial charge in [0.15, 0.2) is 0 Å². The Kier molecular flexibility index (Phi) is 7.44. The van der Waals surface area contributed by atoms with Gasteiger partial charge in [0.25, 0.3) is 5.91 Å². The molecule has 1 aliphatic carbocycles. The lowest BCUT2D eigenvalue weighted by Gasteiger charge is -2.33. The average Bonchev–Trinajstić information content (AvgIpc) is 3.14. The first-order valence-electron chi connectivity index (χ1n) is 11.0. The van der Waals surface area contributed by atoms with Gasteiger partial charge in [0.2, 0.25) is 0 Å². The zero-order chi connectivity index (χ0) is 24.6. The first kappa shape index (κ1) is 25.2. The van der Waals surface area contributed by atoms with Gasteiger partial charge in [-0.3, -0.25) is 4.79 Å². The summed E-state index contributed by atoms with van der Waals surface area (Å²) in [5.74, 6) is 0.295. The highest BCUT2D eigenvalue weighted by atomic mass is 79.9. The summed E-state index contributed by atoms with van der Waals surface area (Å²) < 4.78 is 0.732. The fourth-order valence-corrected chi connectivity index (χ4v) is 6.40. The second kappa shape index (κ2) is 10.0. The topological polar surface area (TPSA) is 61.7 Å². The quantitative estimate of drug-likeness (QED) is 0.304. The molecular weight excluding hydrogens is 555 g/mol. The number of anilines is 1. The number of amides is 1. The number of nitrogens with zero attached hydrogens (tertiary/aromatic N) is 1. The van der Waals surface area contributed by atoms with E-state index in [0.717, 1.165) is 29.3 Å². The molecule has 0 bridgehead atoms. The Morgan fingerprint density at radius 2 is 1.94 bits per heavy atom. The molecule has 4 nitrogen and oxygen atoms in total. The highest BCUT2D eigenvalue weighted by Gasteiger charge is 2.33. The number of nitrogens with one attached hydrogen (secondary N) is 1. The van der Waals surface area contributed by atoms with Crippen molar-refractivity contribution in [3.63, 3.8) is 0 Å². The summed E-state index contributed by atoms with van der Waals surface area (Å²) in [5.41, 5.74) is 3.00. The average molecular weight is 580 g/mol. The number of hydrogen-bond acceptors (Lipinski definition) is 4. The Bertz CT molecular complexity index is 1260. The number of fused-ring (bicyclic) bond motifs is 1. The number of hydrogen-bond donors (Lipinski definition) is 2. The largest absolute Gasteiger partial charge is 0.506 e. The molecule has 178 valence electrons. The van der Waals surface area contributed by atoms with Crippen molar-refractivity contribution in [1.82, 2.24) is 0 Å². The number of phenols is 1. The molecular formula is C26H25BrCl2N2O2S. The van der Waals surface area contributed by atoms with Crippen LogP contribution in [0.4, 0.5) is 10.7 Å². The Balaban J connectivity index is 1.73. The van der Waals surface area contributed by atoms with Crippen LogP contribution in [0.25, 0.3) is 0 Å². The maximum absolute atomic E-state index is 13.4. The van der Waals surface area contributed by atoms with E-state index in [-0.39, 0.29) is 22.1 Å². The lowest BCUT2D eigenvalue weighted by Crippen LogP contribution is -2.27. The van der Waals surface area contributed by atoms with Crippen molar-refractivity contribution < 1.29 is 9.90 Å². The van der Waals surface area contributed by atoms with Gasteiger partial charge in [-0.05, 0) is 72.6 Å². The van der Waals surface area contributed by atoms with Gasteiger partial charge >= 0.3 is 0 Å². The summed E-state index contributed by atoms with van der Waals surface area (Å²) in [6.07, 6.45) is 4.35. The summed E-state index contributed by atoms with van der Waals surface area (Å²) in [6, 6.07) is 10.4. The molecule has 0 fully saturated rings. The van der Waals surface area contributed by atoms with Gasteiger partial charge in [-0.2, -0.15) is 0 Å². The molecule has 4 rings (SSSR count). The normalized spacial score (nSPS) is 16.0. The highest BCUT2D eigenvalue weighted by Crippen LogP contribution is 2.45. The van der Waals surface area contributed by atoms with E-state index in [4.69, 9.17) is 23.2 Å². The molecule has 0 spiro atoms.